The van der Waals surface area contributed by atoms with Crippen LogP contribution in [0.4, 0.5) is 10.6 Å². The molecular formula is C9H15N5OS. The molecule has 0 saturated heterocycles. The van der Waals surface area contributed by atoms with Crippen molar-refractivity contribution in [3.8, 4) is 0 Å². The Hall–Kier alpha value is -1.63. The largest absolute Gasteiger partial charge is 0.389 e. The number of carbonyl (C=O) groups is 1. The molecule has 0 aliphatic rings. The molecule has 0 aliphatic heterocycles. The summed E-state index contributed by atoms with van der Waals surface area (Å²) in [6.45, 7) is 2.50. The van der Waals surface area contributed by atoms with Crippen molar-refractivity contribution in [1.29, 1.82) is 0 Å². The molecule has 0 aliphatic carbocycles. The first kappa shape index (κ1) is 12.4. The summed E-state index contributed by atoms with van der Waals surface area (Å²) in [5.41, 5.74) is 6.09. The first-order valence-corrected chi connectivity index (χ1v) is 5.22. The fourth-order valence-electron chi connectivity index (χ4n) is 1.11. The quantitative estimate of drug-likeness (QED) is 0.757. The monoisotopic (exact) mass is 241 g/mol. The zero-order valence-corrected chi connectivity index (χ0v) is 10.3. The lowest BCUT2D eigenvalue weighted by molar-refractivity contribution is 0.224. The molecule has 0 aromatic carbocycles. The second-order valence-corrected chi connectivity index (χ2v) is 3.78. The molecule has 0 bridgehead atoms. The smallest absolute Gasteiger partial charge is 0.322 e. The molecule has 16 heavy (non-hydrogen) atoms. The van der Waals surface area contributed by atoms with E-state index < -0.39 is 0 Å². The zero-order valence-electron chi connectivity index (χ0n) is 9.52. The minimum atomic E-state index is -0.219. The number of nitrogens with zero attached hydrogens (tertiary/aromatic N) is 3. The SMILES string of the molecule is CCN(C)C(=O)Nc1c(C(N)=S)cnn1C. The van der Waals surface area contributed by atoms with E-state index in [9.17, 15) is 4.79 Å². The fourth-order valence-corrected chi connectivity index (χ4v) is 1.26. The molecule has 88 valence electrons. The number of hydrogen-bond acceptors (Lipinski definition) is 3. The summed E-state index contributed by atoms with van der Waals surface area (Å²) in [6, 6.07) is -0.219. The number of nitrogens with one attached hydrogen (secondary N) is 1. The molecule has 1 heterocycles. The van der Waals surface area contributed by atoms with Gasteiger partial charge in [0.15, 0.2) is 0 Å². The molecule has 0 unspecified atom stereocenters. The standard InChI is InChI=1S/C9H15N5OS/c1-4-13(2)9(15)12-8-6(7(10)16)5-11-14(8)3/h5H,4H2,1-3H3,(H2,10,16)(H,12,15). The topological polar surface area (TPSA) is 76.2 Å². The van der Waals surface area contributed by atoms with Gasteiger partial charge in [0.05, 0.1) is 11.8 Å². The van der Waals surface area contributed by atoms with E-state index >= 15 is 0 Å². The van der Waals surface area contributed by atoms with Crippen LogP contribution < -0.4 is 11.1 Å². The average molecular weight is 241 g/mol. The molecule has 3 N–H and O–H groups in total. The summed E-state index contributed by atoms with van der Waals surface area (Å²) in [4.78, 5) is 13.4. The fraction of sp³-hybridized carbons (Fsp3) is 0.444. The maximum absolute atomic E-state index is 11.7. The summed E-state index contributed by atoms with van der Waals surface area (Å²) in [7, 11) is 3.41. The highest BCUT2D eigenvalue weighted by Gasteiger charge is 2.15. The predicted octanol–water partition coefficient (Wildman–Crippen LogP) is 0.538. The Morgan fingerprint density at radius 1 is 1.75 bits per heavy atom. The zero-order chi connectivity index (χ0) is 12.3. The number of thiocarbonyl (C=S) groups is 1. The molecule has 7 heteroatoms. The van der Waals surface area contributed by atoms with E-state index in [0.717, 1.165) is 0 Å². The van der Waals surface area contributed by atoms with Gasteiger partial charge in [-0.3, -0.25) is 10.00 Å². The molecule has 0 radical (unpaired) electrons. The van der Waals surface area contributed by atoms with E-state index in [2.05, 4.69) is 10.4 Å². The van der Waals surface area contributed by atoms with Crippen molar-refractivity contribution < 1.29 is 4.79 Å². The van der Waals surface area contributed by atoms with Gasteiger partial charge in [-0.2, -0.15) is 5.10 Å². The summed E-state index contributed by atoms with van der Waals surface area (Å²) < 4.78 is 1.52. The Kier molecular flexibility index (Phi) is 3.83. The normalized spacial score (nSPS) is 9.94. The van der Waals surface area contributed by atoms with Gasteiger partial charge >= 0.3 is 6.03 Å². The van der Waals surface area contributed by atoms with E-state index in [1.54, 1.807) is 14.1 Å². The minimum Gasteiger partial charge on any atom is -0.389 e. The van der Waals surface area contributed by atoms with Crippen molar-refractivity contribution >= 4 is 29.1 Å². The lowest BCUT2D eigenvalue weighted by Crippen LogP contribution is -2.32. The highest BCUT2D eigenvalue weighted by Crippen LogP contribution is 2.14. The Morgan fingerprint density at radius 3 is 2.88 bits per heavy atom. The lowest BCUT2D eigenvalue weighted by Gasteiger charge is -2.16. The third-order valence-electron chi connectivity index (χ3n) is 2.25. The number of nitrogens with two attached hydrogens (primary N) is 1. The first-order valence-electron chi connectivity index (χ1n) is 4.81. The van der Waals surface area contributed by atoms with Gasteiger partial charge in [0.25, 0.3) is 0 Å². The van der Waals surface area contributed by atoms with E-state index in [1.165, 1.54) is 15.8 Å². The number of anilines is 1. The Bertz CT molecular complexity index is 414. The van der Waals surface area contributed by atoms with Gasteiger partial charge in [-0.05, 0) is 6.92 Å². The van der Waals surface area contributed by atoms with Gasteiger partial charge in [-0.25, -0.2) is 4.79 Å². The van der Waals surface area contributed by atoms with Crippen LogP contribution in [0.15, 0.2) is 6.20 Å². The summed E-state index contributed by atoms with van der Waals surface area (Å²) in [6.07, 6.45) is 1.53. The van der Waals surface area contributed by atoms with Crippen molar-refractivity contribution in [2.45, 2.75) is 6.92 Å². The highest BCUT2D eigenvalue weighted by molar-refractivity contribution is 7.80. The average Bonchev–Trinajstić information content (AvgIpc) is 2.59. The summed E-state index contributed by atoms with van der Waals surface area (Å²) in [5, 5.41) is 6.70. The van der Waals surface area contributed by atoms with Crippen LogP contribution in [-0.2, 0) is 7.05 Å². The number of carbonyl (C=O) groups excluding carboxylic acids is 1. The third kappa shape index (κ3) is 2.48. The van der Waals surface area contributed by atoms with Crippen molar-refractivity contribution in [3.63, 3.8) is 0 Å². The molecule has 1 aromatic heterocycles. The Morgan fingerprint density at radius 2 is 2.38 bits per heavy atom. The van der Waals surface area contributed by atoms with Crippen LogP contribution in [0, 0.1) is 0 Å². The molecule has 0 atom stereocenters. The van der Waals surface area contributed by atoms with Crippen LogP contribution in [0.1, 0.15) is 12.5 Å². The number of urea groups is 1. The van der Waals surface area contributed by atoms with E-state index in [0.29, 0.717) is 17.9 Å². The van der Waals surface area contributed by atoms with Crippen LogP contribution >= 0.6 is 12.2 Å². The second kappa shape index (κ2) is 4.93. The van der Waals surface area contributed by atoms with Crippen LogP contribution in [0.5, 0.6) is 0 Å². The lowest BCUT2D eigenvalue weighted by atomic mass is 10.3. The number of rotatable bonds is 3. The van der Waals surface area contributed by atoms with Gasteiger partial charge in [-0.1, -0.05) is 12.2 Å². The maximum Gasteiger partial charge on any atom is 0.322 e. The maximum atomic E-state index is 11.7. The van der Waals surface area contributed by atoms with Crippen molar-refractivity contribution in [2.75, 3.05) is 18.9 Å². The molecular weight excluding hydrogens is 226 g/mol. The van der Waals surface area contributed by atoms with Crippen LogP contribution in [-0.4, -0.2) is 39.3 Å². The van der Waals surface area contributed by atoms with Gasteiger partial charge in [0.2, 0.25) is 0 Å². The van der Waals surface area contributed by atoms with E-state index in [1.807, 2.05) is 6.92 Å². The second-order valence-electron chi connectivity index (χ2n) is 3.34. The van der Waals surface area contributed by atoms with E-state index in [4.69, 9.17) is 18.0 Å². The molecule has 2 amide bonds. The minimum absolute atomic E-state index is 0.211. The van der Waals surface area contributed by atoms with Crippen molar-refractivity contribution in [2.24, 2.45) is 12.8 Å². The van der Waals surface area contributed by atoms with Crippen LogP contribution in [0.3, 0.4) is 0 Å². The van der Waals surface area contributed by atoms with Crippen molar-refractivity contribution in [1.82, 2.24) is 14.7 Å². The number of aryl methyl sites for hydroxylation is 1. The number of aromatic nitrogens is 2. The van der Waals surface area contributed by atoms with Gasteiger partial charge in [0.1, 0.15) is 10.8 Å². The summed E-state index contributed by atoms with van der Waals surface area (Å²) in [5.74, 6) is 0.512. The molecule has 0 saturated carbocycles. The predicted molar refractivity (Wildman–Crippen MR) is 66.4 cm³/mol. The Labute approximate surface area is 99.4 Å². The third-order valence-corrected chi connectivity index (χ3v) is 2.47. The number of amides is 2. The van der Waals surface area contributed by atoms with Crippen LogP contribution in [0.25, 0.3) is 0 Å². The van der Waals surface area contributed by atoms with Gasteiger partial charge in [-0.15, -0.1) is 0 Å². The first-order chi connectivity index (χ1) is 7.47. The highest BCUT2D eigenvalue weighted by atomic mass is 32.1. The van der Waals surface area contributed by atoms with Crippen molar-refractivity contribution in [3.05, 3.63) is 11.8 Å². The molecule has 1 rings (SSSR count). The number of hydrogen-bond donors (Lipinski definition) is 2. The molecule has 0 fully saturated rings. The van der Waals surface area contributed by atoms with Crippen LogP contribution in [0.2, 0.25) is 0 Å². The van der Waals surface area contributed by atoms with Gasteiger partial charge in [0, 0.05) is 20.6 Å². The molecule has 1 aromatic rings. The summed E-state index contributed by atoms with van der Waals surface area (Å²) >= 11 is 4.87. The van der Waals surface area contributed by atoms with Gasteiger partial charge < -0.3 is 10.6 Å². The Balaban J connectivity index is 2.92. The molecule has 0 spiro atoms. The van der Waals surface area contributed by atoms with E-state index in [-0.39, 0.29) is 11.0 Å². The molecule has 6 nitrogen and oxygen atoms in total.